The Morgan fingerprint density at radius 3 is 2.58 bits per heavy atom. The number of rotatable bonds is 6. The number of amides is 1. The lowest BCUT2D eigenvalue weighted by atomic mass is 10.2. The van der Waals surface area contributed by atoms with E-state index >= 15 is 0 Å². The van der Waals surface area contributed by atoms with Gasteiger partial charge in [0.15, 0.2) is 0 Å². The molecule has 0 saturated carbocycles. The number of fused-ring (bicyclic) bond motifs is 1. The van der Waals surface area contributed by atoms with E-state index in [0.29, 0.717) is 24.5 Å². The maximum absolute atomic E-state index is 12.4. The molecule has 0 aliphatic rings. The summed E-state index contributed by atoms with van der Waals surface area (Å²) in [5, 5.41) is 0.146. The van der Waals surface area contributed by atoms with Crippen molar-refractivity contribution in [2.75, 3.05) is 20.7 Å². The van der Waals surface area contributed by atoms with E-state index in [0.717, 1.165) is 16.9 Å². The van der Waals surface area contributed by atoms with Gasteiger partial charge in [-0.2, -0.15) is 0 Å². The van der Waals surface area contributed by atoms with Crippen LogP contribution in [-0.2, 0) is 16.0 Å². The summed E-state index contributed by atoms with van der Waals surface area (Å²) < 4.78 is 13.1. The monoisotopic (exact) mass is 446 g/mol. The molecule has 0 aliphatic heterocycles. The summed E-state index contributed by atoms with van der Waals surface area (Å²) in [5.74, 6) is 0.798. The highest BCUT2D eigenvalue weighted by molar-refractivity contribution is 6.28. The summed E-state index contributed by atoms with van der Waals surface area (Å²) in [6, 6.07) is 3.60. The highest BCUT2D eigenvalue weighted by Gasteiger charge is 2.24. The molecule has 0 spiro atoms. The van der Waals surface area contributed by atoms with Crippen LogP contribution in [0, 0.1) is 6.92 Å². The quantitative estimate of drug-likeness (QED) is 0.532. The van der Waals surface area contributed by atoms with Crippen molar-refractivity contribution >= 4 is 28.7 Å². The average molecular weight is 447 g/mol. The molecule has 3 aromatic rings. The first-order valence-corrected chi connectivity index (χ1v) is 10.2. The minimum atomic E-state index is -0.565. The Labute approximate surface area is 186 Å². The number of carbonyl (C=O) groups excluding carboxylic acids is 1. The number of halogens is 1. The summed E-state index contributed by atoms with van der Waals surface area (Å²) >= 11 is 5.99. The smallest absolute Gasteiger partial charge is 0.410 e. The van der Waals surface area contributed by atoms with Gasteiger partial charge in [0.1, 0.15) is 17.1 Å². The standard InChI is InChI=1S/C21H27ClN6O3/c1-13-25-16-8-9-23-17(15-7-10-24-19(22)26-15)18(16)28(13)12-14(30-6)11-27(5)20(29)31-21(2,3)4/h7-10,14H,11-12H2,1-6H3. The molecule has 166 valence electrons. The molecule has 1 unspecified atom stereocenters. The van der Waals surface area contributed by atoms with Crippen LogP contribution in [-0.4, -0.2) is 67.9 Å². The van der Waals surface area contributed by atoms with Crippen molar-refractivity contribution < 1.29 is 14.3 Å². The molecule has 0 fully saturated rings. The number of ether oxygens (including phenoxy) is 2. The fourth-order valence-corrected chi connectivity index (χ4v) is 3.35. The van der Waals surface area contributed by atoms with Crippen LogP contribution in [0.3, 0.4) is 0 Å². The largest absolute Gasteiger partial charge is 0.444 e. The van der Waals surface area contributed by atoms with Gasteiger partial charge in [-0.15, -0.1) is 0 Å². The Bertz CT molecular complexity index is 1080. The van der Waals surface area contributed by atoms with E-state index in [1.807, 2.05) is 38.3 Å². The van der Waals surface area contributed by atoms with Gasteiger partial charge in [0.05, 0.1) is 35.9 Å². The average Bonchev–Trinajstić information content (AvgIpc) is 3.01. The Balaban J connectivity index is 1.91. The predicted octanol–water partition coefficient (Wildman–Crippen LogP) is 3.73. The molecule has 0 saturated heterocycles. The molecule has 1 amide bonds. The molecular formula is C21H27ClN6O3. The van der Waals surface area contributed by atoms with Gasteiger partial charge in [0.25, 0.3) is 0 Å². The van der Waals surface area contributed by atoms with Gasteiger partial charge in [-0.05, 0) is 51.4 Å². The van der Waals surface area contributed by atoms with Crippen LogP contribution in [0.15, 0.2) is 24.5 Å². The van der Waals surface area contributed by atoms with E-state index < -0.39 is 11.7 Å². The minimum absolute atomic E-state index is 0.146. The van der Waals surface area contributed by atoms with Crippen molar-refractivity contribution in [3.63, 3.8) is 0 Å². The van der Waals surface area contributed by atoms with Crippen molar-refractivity contribution in [3.05, 3.63) is 35.6 Å². The number of likely N-dealkylation sites (N-methyl/N-ethyl adjacent to an activating group) is 1. The molecule has 0 aromatic carbocycles. The zero-order valence-corrected chi connectivity index (χ0v) is 19.3. The third-order valence-electron chi connectivity index (χ3n) is 4.62. The van der Waals surface area contributed by atoms with Crippen LogP contribution < -0.4 is 0 Å². The third-order valence-corrected chi connectivity index (χ3v) is 4.80. The lowest BCUT2D eigenvalue weighted by Gasteiger charge is -2.27. The number of hydrogen-bond donors (Lipinski definition) is 0. The second-order valence-corrected chi connectivity index (χ2v) is 8.56. The van der Waals surface area contributed by atoms with E-state index in [1.54, 1.807) is 32.6 Å². The van der Waals surface area contributed by atoms with Crippen molar-refractivity contribution in [2.45, 2.75) is 45.9 Å². The molecule has 3 aromatic heterocycles. The topological polar surface area (TPSA) is 95.3 Å². The summed E-state index contributed by atoms with van der Waals surface area (Å²) in [5.41, 5.74) is 2.29. The zero-order chi connectivity index (χ0) is 22.8. The van der Waals surface area contributed by atoms with Crippen LogP contribution >= 0.6 is 11.6 Å². The van der Waals surface area contributed by atoms with E-state index in [4.69, 9.17) is 21.1 Å². The van der Waals surface area contributed by atoms with Crippen molar-refractivity contribution in [2.24, 2.45) is 0 Å². The summed E-state index contributed by atoms with van der Waals surface area (Å²) in [6.07, 6.45) is 2.58. The molecule has 3 rings (SSSR count). The van der Waals surface area contributed by atoms with Gasteiger partial charge in [-0.3, -0.25) is 4.98 Å². The molecular weight excluding hydrogens is 420 g/mol. The van der Waals surface area contributed by atoms with Crippen LogP contribution in [0.25, 0.3) is 22.4 Å². The van der Waals surface area contributed by atoms with Crippen LogP contribution in [0.4, 0.5) is 4.79 Å². The van der Waals surface area contributed by atoms with E-state index in [2.05, 4.69) is 19.9 Å². The summed E-state index contributed by atoms with van der Waals surface area (Å²) in [7, 11) is 3.31. The molecule has 3 heterocycles. The normalized spacial score (nSPS) is 12.7. The van der Waals surface area contributed by atoms with Crippen LogP contribution in [0.5, 0.6) is 0 Å². The molecule has 0 N–H and O–H groups in total. The Kier molecular flexibility index (Phi) is 6.76. The molecule has 0 radical (unpaired) electrons. The minimum Gasteiger partial charge on any atom is -0.444 e. The third kappa shape index (κ3) is 5.48. The van der Waals surface area contributed by atoms with Crippen molar-refractivity contribution in [3.8, 4) is 11.4 Å². The first-order chi connectivity index (χ1) is 14.6. The number of methoxy groups -OCH3 is 1. The molecule has 0 aliphatic carbocycles. The zero-order valence-electron chi connectivity index (χ0n) is 18.6. The number of carbonyl (C=O) groups is 1. The lowest BCUT2D eigenvalue weighted by molar-refractivity contribution is 0.0116. The molecule has 10 heteroatoms. The molecule has 9 nitrogen and oxygen atoms in total. The Morgan fingerprint density at radius 1 is 1.23 bits per heavy atom. The lowest BCUT2D eigenvalue weighted by Crippen LogP contribution is -2.40. The second-order valence-electron chi connectivity index (χ2n) is 8.23. The number of hydrogen-bond acceptors (Lipinski definition) is 7. The van der Waals surface area contributed by atoms with Crippen LogP contribution in [0.2, 0.25) is 5.28 Å². The molecule has 0 bridgehead atoms. The van der Waals surface area contributed by atoms with Crippen molar-refractivity contribution in [1.82, 2.24) is 29.4 Å². The predicted molar refractivity (Wildman–Crippen MR) is 118 cm³/mol. The first-order valence-electron chi connectivity index (χ1n) is 9.86. The maximum atomic E-state index is 12.4. The first kappa shape index (κ1) is 22.9. The van der Waals surface area contributed by atoms with Gasteiger partial charge in [-0.1, -0.05) is 0 Å². The summed E-state index contributed by atoms with van der Waals surface area (Å²) in [6.45, 7) is 8.23. The van der Waals surface area contributed by atoms with Crippen molar-refractivity contribution in [1.29, 1.82) is 0 Å². The van der Waals surface area contributed by atoms with E-state index in [1.165, 1.54) is 4.90 Å². The van der Waals surface area contributed by atoms with Gasteiger partial charge < -0.3 is 18.9 Å². The van der Waals surface area contributed by atoms with Crippen LogP contribution in [0.1, 0.15) is 26.6 Å². The fourth-order valence-electron chi connectivity index (χ4n) is 3.20. The second kappa shape index (κ2) is 9.15. The maximum Gasteiger partial charge on any atom is 0.410 e. The number of aryl methyl sites for hydroxylation is 1. The molecule has 31 heavy (non-hydrogen) atoms. The van der Waals surface area contributed by atoms with Gasteiger partial charge in [0, 0.05) is 26.6 Å². The van der Waals surface area contributed by atoms with Gasteiger partial charge >= 0.3 is 6.09 Å². The Hall–Kier alpha value is -2.78. The molecule has 1 atom stereocenters. The number of nitrogens with zero attached hydrogens (tertiary/aromatic N) is 6. The van der Waals surface area contributed by atoms with E-state index in [9.17, 15) is 4.79 Å². The highest BCUT2D eigenvalue weighted by atomic mass is 35.5. The highest BCUT2D eigenvalue weighted by Crippen LogP contribution is 2.27. The Morgan fingerprint density at radius 2 is 1.94 bits per heavy atom. The van der Waals surface area contributed by atoms with Gasteiger partial charge in [0.2, 0.25) is 5.28 Å². The van der Waals surface area contributed by atoms with E-state index in [-0.39, 0.29) is 11.4 Å². The number of imidazole rings is 1. The SMILES string of the molecule is COC(CN(C)C(=O)OC(C)(C)C)Cn1c(C)nc2ccnc(-c3ccnc(Cl)n3)c21. The summed E-state index contributed by atoms with van der Waals surface area (Å²) in [4.78, 5) is 31.3. The number of aromatic nitrogens is 5. The number of pyridine rings is 1. The fraction of sp³-hybridized carbons (Fsp3) is 0.476. The van der Waals surface area contributed by atoms with Gasteiger partial charge in [-0.25, -0.2) is 19.7 Å².